The highest BCUT2D eigenvalue weighted by atomic mass is 79.9. The minimum absolute atomic E-state index is 0.126. The average Bonchev–Trinajstić information content (AvgIpc) is 3.09. The molecule has 3 rings (SSSR count). The zero-order valence-corrected chi connectivity index (χ0v) is 14.5. The van der Waals surface area contributed by atoms with Gasteiger partial charge in [0, 0.05) is 12.2 Å². The molecule has 1 N–H and O–H groups in total. The summed E-state index contributed by atoms with van der Waals surface area (Å²) in [6.07, 6.45) is 2.19. The first-order chi connectivity index (χ1) is 11.6. The van der Waals surface area contributed by atoms with E-state index in [1.54, 1.807) is 30.3 Å². The van der Waals surface area contributed by atoms with Crippen molar-refractivity contribution in [2.75, 3.05) is 18.5 Å². The summed E-state index contributed by atoms with van der Waals surface area (Å²) in [4.78, 5) is 12.2. The number of hydrogen-bond acceptors (Lipinski definition) is 3. The van der Waals surface area contributed by atoms with Crippen molar-refractivity contribution in [1.29, 1.82) is 0 Å². The molecule has 0 bridgehead atoms. The van der Waals surface area contributed by atoms with Crippen molar-refractivity contribution in [2.24, 2.45) is 0 Å². The normalized spacial score (nSPS) is 16.8. The maximum Gasteiger partial charge on any atom is 0.255 e. The van der Waals surface area contributed by atoms with Crippen LogP contribution < -0.4 is 10.1 Å². The molecule has 0 aromatic heterocycles. The van der Waals surface area contributed by atoms with Crippen LogP contribution in [-0.4, -0.2) is 25.2 Å². The third-order valence-electron chi connectivity index (χ3n) is 3.76. The molecular weight excluding hydrogens is 377 g/mol. The predicted octanol–water partition coefficient (Wildman–Crippen LogP) is 4.40. The zero-order chi connectivity index (χ0) is 16.9. The number of carbonyl (C=O) groups excluding carboxylic acids is 1. The SMILES string of the molecule is O=C(Nc1ccccc1F)c1ccc(OCC2CCCO2)c(Br)c1. The maximum absolute atomic E-state index is 13.6. The Labute approximate surface area is 148 Å². The lowest BCUT2D eigenvalue weighted by atomic mass is 10.2. The highest BCUT2D eigenvalue weighted by molar-refractivity contribution is 9.10. The lowest BCUT2D eigenvalue weighted by molar-refractivity contribution is 0.0677. The molecule has 6 heteroatoms. The van der Waals surface area contributed by atoms with Gasteiger partial charge in [-0.3, -0.25) is 4.79 Å². The Morgan fingerprint density at radius 3 is 2.88 bits per heavy atom. The van der Waals surface area contributed by atoms with Crippen LogP contribution >= 0.6 is 15.9 Å². The first-order valence-electron chi connectivity index (χ1n) is 7.73. The highest BCUT2D eigenvalue weighted by Gasteiger charge is 2.17. The van der Waals surface area contributed by atoms with Gasteiger partial charge in [0.25, 0.3) is 5.91 Å². The number of carbonyl (C=O) groups is 1. The summed E-state index contributed by atoms with van der Waals surface area (Å²) in [6, 6.07) is 11.1. The minimum Gasteiger partial charge on any atom is -0.490 e. The van der Waals surface area contributed by atoms with Gasteiger partial charge in [-0.25, -0.2) is 4.39 Å². The number of amides is 1. The van der Waals surface area contributed by atoms with Crippen LogP contribution in [0.15, 0.2) is 46.9 Å². The fourth-order valence-electron chi connectivity index (χ4n) is 2.47. The molecule has 0 spiro atoms. The average molecular weight is 394 g/mol. The summed E-state index contributed by atoms with van der Waals surface area (Å²) in [7, 11) is 0. The summed E-state index contributed by atoms with van der Waals surface area (Å²) in [5.74, 6) is -0.208. The van der Waals surface area contributed by atoms with E-state index < -0.39 is 5.82 Å². The van der Waals surface area contributed by atoms with Crippen molar-refractivity contribution >= 4 is 27.5 Å². The largest absolute Gasteiger partial charge is 0.490 e. The topological polar surface area (TPSA) is 47.6 Å². The van der Waals surface area contributed by atoms with E-state index in [4.69, 9.17) is 9.47 Å². The van der Waals surface area contributed by atoms with Crippen LogP contribution in [0.1, 0.15) is 23.2 Å². The van der Waals surface area contributed by atoms with Crippen molar-refractivity contribution in [3.05, 3.63) is 58.3 Å². The van der Waals surface area contributed by atoms with Crippen LogP contribution in [-0.2, 0) is 4.74 Å². The number of para-hydroxylation sites is 1. The molecule has 0 saturated carbocycles. The first-order valence-corrected chi connectivity index (χ1v) is 8.52. The third-order valence-corrected chi connectivity index (χ3v) is 4.38. The van der Waals surface area contributed by atoms with Crippen molar-refractivity contribution < 1.29 is 18.7 Å². The standard InChI is InChI=1S/C18H17BrFNO3/c19-14-10-12(18(22)21-16-6-2-1-5-15(16)20)7-8-17(14)24-11-13-4-3-9-23-13/h1-2,5-8,10,13H,3-4,9,11H2,(H,21,22). The van der Waals surface area contributed by atoms with Gasteiger partial charge in [0.05, 0.1) is 16.3 Å². The van der Waals surface area contributed by atoms with Crippen LogP contribution in [0.3, 0.4) is 0 Å². The van der Waals surface area contributed by atoms with E-state index in [2.05, 4.69) is 21.2 Å². The van der Waals surface area contributed by atoms with E-state index >= 15 is 0 Å². The molecule has 1 unspecified atom stereocenters. The van der Waals surface area contributed by atoms with Gasteiger partial charge >= 0.3 is 0 Å². The second-order valence-corrected chi connectivity index (χ2v) is 6.38. The molecule has 1 heterocycles. The molecule has 0 radical (unpaired) electrons. The number of rotatable bonds is 5. The van der Waals surface area contributed by atoms with Gasteiger partial charge in [-0.2, -0.15) is 0 Å². The van der Waals surface area contributed by atoms with Gasteiger partial charge in [-0.05, 0) is 59.1 Å². The molecule has 1 aliphatic heterocycles. The Bertz CT molecular complexity index is 732. The van der Waals surface area contributed by atoms with Gasteiger partial charge in [-0.15, -0.1) is 0 Å². The van der Waals surface area contributed by atoms with Gasteiger partial charge in [0.2, 0.25) is 0 Å². The lowest BCUT2D eigenvalue weighted by Gasteiger charge is -2.13. The van der Waals surface area contributed by atoms with Crippen molar-refractivity contribution in [1.82, 2.24) is 0 Å². The van der Waals surface area contributed by atoms with Crippen LogP contribution in [0.4, 0.5) is 10.1 Å². The monoisotopic (exact) mass is 393 g/mol. The van der Waals surface area contributed by atoms with E-state index in [9.17, 15) is 9.18 Å². The fraction of sp³-hybridized carbons (Fsp3) is 0.278. The molecule has 1 amide bonds. The molecule has 1 atom stereocenters. The summed E-state index contributed by atoms with van der Waals surface area (Å²) < 4.78 is 25.5. The smallest absolute Gasteiger partial charge is 0.255 e. The van der Waals surface area contributed by atoms with Gasteiger partial charge in [0.15, 0.2) is 0 Å². The Balaban J connectivity index is 1.65. The molecule has 1 saturated heterocycles. The fourth-order valence-corrected chi connectivity index (χ4v) is 2.97. The molecule has 4 nitrogen and oxygen atoms in total. The van der Waals surface area contributed by atoms with Crippen LogP contribution in [0.25, 0.3) is 0 Å². The Hall–Kier alpha value is -1.92. The zero-order valence-electron chi connectivity index (χ0n) is 12.9. The summed E-state index contributed by atoms with van der Waals surface area (Å²) in [5.41, 5.74) is 0.562. The quantitative estimate of drug-likeness (QED) is 0.818. The summed E-state index contributed by atoms with van der Waals surface area (Å²) in [5, 5.41) is 2.55. The molecule has 1 fully saturated rings. The predicted molar refractivity (Wildman–Crippen MR) is 93.0 cm³/mol. The molecule has 1 aliphatic rings. The molecule has 24 heavy (non-hydrogen) atoms. The summed E-state index contributed by atoms with van der Waals surface area (Å²) >= 11 is 3.41. The molecule has 0 aliphatic carbocycles. The van der Waals surface area contributed by atoms with Crippen molar-refractivity contribution in [3.8, 4) is 5.75 Å². The number of nitrogens with one attached hydrogen (secondary N) is 1. The lowest BCUT2D eigenvalue weighted by Crippen LogP contribution is -2.17. The van der Waals surface area contributed by atoms with Crippen molar-refractivity contribution in [2.45, 2.75) is 18.9 Å². The van der Waals surface area contributed by atoms with Crippen LogP contribution in [0, 0.1) is 5.82 Å². The first kappa shape index (κ1) is 16.9. The third kappa shape index (κ3) is 4.13. The van der Waals surface area contributed by atoms with E-state index in [1.807, 2.05) is 0 Å². The number of hydrogen-bond donors (Lipinski definition) is 1. The second-order valence-electron chi connectivity index (χ2n) is 5.53. The summed E-state index contributed by atoms with van der Waals surface area (Å²) in [6.45, 7) is 1.27. The minimum atomic E-state index is -0.471. The van der Waals surface area contributed by atoms with E-state index in [-0.39, 0.29) is 17.7 Å². The number of benzene rings is 2. The van der Waals surface area contributed by atoms with Gasteiger partial charge in [0.1, 0.15) is 18.2 Å². The number of anilines is 1. The number of halogens is 2. The molecular formula is C18H17BrFNO3. The van der Waals surface area contributed by atoms with E-state index in [1.165, 1.54) is 12.1 Å². The molecule has 2 aromatic rings. The van der Waals surface area contributed by atoms with Gasteiger partial charge in [-0.1, -0.05) is 12.1 Å². The highest BCUT2D eigenvalue weighted by Crippen LogP contribution is 2.27. The number of ether oxygens (including phenoxy) is 2. The Morgan fingerprint density at radius 1 is 1.33 bits per heavy atom. The molecule has 2 aromatic carbocycles. The van der Waals surface area contributed by atoms with E-state index in [0.717, 1.165) is 19.4 Å². The Kier molecular flexibility index (Phi) is 5.48. The van der Waals surface area contributed by atoms with Gasteiger partial charge < -0.3 is 14.8 Å². The van der Waals surface area contributed by atoms with Crippen molar-refractivity contribution in [3.63, 3.8) is 0 Å². The van der Waals surface area contributed by atoms with E-state index in [0.29, 0.717) is 22.4 Å². The molecule has 126 valence electrons. The Morgan fingerprint density at radius 2 is 2.17 bits per heavy atom. The van der Waals surface area contributed by atoms with Crippen LogP contribution in [0.5, 0.6) is 5.75 Å². The van der Waals surface area contributed by atoms with Crippen LogP contribution in [0.2, 0.25) is 0 Å². The second kappa shape index (κ2) is 7.77. The maximum atomic E-state index is 13.6.